The number of carbonyl (C=O) groups is 1. The second-order valence-corrected chi connectivity index (χ2v) is 9.78. The number of para-hydroxylation sites is 1. The molecule has 0 saturated carbocycles. The molecule has 1 amide bonds. The molecule has 0 radical (unpaired) electrons. The SMILES string of the molecule is CCOc1cccc(-c2nn(-c3ccccc3)cc2/C=C2\SC(=S)N(CC3CCCO3)C2=O)c1. The van der Waals surface area contributed by atoms with Crippen LogP contribution in [-0.2, 0) is 9.53 Å². The lowest BCUT2D eigenvalue weighted by atomic mass is 10.1. The van der Waals surface area contributed by atoms with E-state index in [1.165, 1.54) is 11.8 Å². The summed E-state index contributed by atoms with van der Waals surface area (Å²) in [6.45, 7) is 3.80. The van der Waals surface area contributed by atoms with E-state index >= 15 is 0 Å². The summed E-state index contributed by atoms with van der Waals surface area (Å²) in [7, 11) is 0. The molecule has 0 spiro atoms. The Balaban J connectivity index is 1.52. The normalized spacial score (nSPS) is 19.4. The van der Waals surface area contributed by atoms with Gasteiger partial charge >= 0.3 is 0 Å². The second kappa shape index (κ2) is 10.1. The zero-order valence-electron chi connectivity index (χ0n) is 18.8. The molecule has 6 nitrogen and oxygen atoms in total. The summed E-state index contributed by atoms with van der Waals surface area (Å²) in [5, 5.41) is 4.87. The Morgan fingerprint density at radius 2 is 2.09 bits per heavy atom. The fourth-order valence-electron chi connectivity index (χ4n) is 4.12. The van der Waals surface area contributed by atoms with Crippen molar-refractivity contribution in [3.05, 3.63) is 71.3 Å². The minimum atomic E-state index is -0.0769. The van der Waals surface area contributed by atoms with Crippen LogP contribution < -0.4 is 4.74 Å². The van der Waals surface area contributed by atoms with Crippen molar-refractivity contribution in [2.45, 2.75) is 25.9 Å². The standard InChI is InChI=1S/C26H25N3O3S2/c1-2-31-21-11-6-8-18(14-21)24-19(16-29(27-24)20-9-4-3-5-10-20)15-23-25(30)28(26(33)34-23)17-22-12-7-13-32-22/h3-6,8-11,14-16,22H,2,7,12-13,17H2,1H3/b23-15-. The maximum absolute atomic E-state index is 13.2. The minimum absolute atomic E-state index is 0.0551. The molecule has 0 aliphatic carbocycles. The van der Waals surface area contributed by atoms with Crippen molar-refractivity contribution in [3.63, 3.8) is 0 Å². The first-order chi connectivity index (χ1) is 16.6. The molecule has 0 bridgehead atoms. The number of thiocarbonyl (C=S) groups is 1. The van der Waals surface area contributed by atoms with E-state index in [1.54, 1.807) is 4.90 Å². The van der Waals surface area contributed by atoms with E-state index in [0.29, 0.717) is 22.4 Å². The number of aromatic nitrogens is 2. The Labute approximate surface area is 208 Å². The molecule has 2 saturated heterocycles. The van der Waals surface area contributed by atoms with E-state index in [-0.39, 0.29) is 12.0 Å². The number of thioether (sulfide) groups is 1. The fraction of sp³-hybridized carbons (Fsp3) is 0.269. The third kappa shape index (κ3) is 4.80. The third-order valence-electron chi connectivity index (χ3n) is 5.75. The van der Waals surface area contributed by atoms with Crippen LogP contribution in [0.15, 0.2) is 65.7 Å². The van der Waals surface area contributed by atoms with E-state index in [1.807, 2.05) is 78.5 Å². The second-order valence-electron chi connectivity index (χ2n) is 8.10. The summed E-state index contributed by atoms with van der Waals surface area (Å²) in [4.78, 5) is 15.5. The molecule has 34 heavy (non-hydrogen) atoms. The first-order valence-electron chi connectivity index (χ1n) is 11.4. The van der Waals surface area contributed by atoms with Crippen molar-refractivity contribution in [2.24, 2.45) is 0 Å². The van der Waals surface area contributed by atoms with Crippen molar-refractivity contribution >= 4 is 40.3 Å². The van der Waals surface area contributed by atoms with Gasteiger partial charge in [0, 0.05) is 23.9 Å². The zero-order chi connectivity index (χ0) is 23.5. The van der Waals surface area contributed by atoms with Gasteiger partial charge in [-0.05, 0) is 50.1 Å². The number of ether oxygens (including phenoxy) is 2. The smallest absolute Gasteiger partial charge is 0.266 e. The summed E-state index contributed by atoms with van der Waals surface area (Å²) < 4.78 is 13.8. The number of hydrogen-bond donors (Lipinski definition) is 0. The molecule has 174 valence electrons. The zero-order valence-corrected chi connectivity index (χ0v) is 20.5. The van der Waals surface area contributed by atoms with Crippen molar-refractivity contribution in [1.82, 2.24) is 14.7 Å². The molecule has 8 heteroatoms. The van der Waals surface area contributed by atoms with Crippen LogP contribution in [0, 0.1) is 0 Å². The largest absolute Gasteiger partial charge is 0.494 e. The topological polar surface area (TPSA) is 56.6 Å². The average Bonchev–Trinajstić information content (AvgIpc) is 3.58. The van der Waals surface area contributed by atoms with Crippen LogP contribution in [0.3, 0.4) is 0 Å². The predicted octanol–water partition coefficient (Wildman–Crippen LogP) is 5.32. The van der Waals surface area contributed by atoms with Crippen molar-refractivity contribution in [3.8, 4) is 22.7 Å². The molecular formula is C26H25N3O3S2. The van der Waals surface area contributed by atoms with Gasteiger partial charge in [0.1, 0.15) is 15.8 Å². The summed E-state index contributed by atoms with van der Waals surface area (Å²) in [6, 6.07) is 17.8. The van der Waals surface area contributed by atoms with E-state index in [2.05, 4.69) is 0 Å². The molecule has 2 aliphatic heterocycles. The molecule has 3 aromatic rings. The van der Waals surface area contributed by atoms with Crippen LogP contribution in [-0.4, -0.2) is 50.8 Å². The highest BCUT2D eigenvalue weighted by Gasteiger charge is 2.35. The Hall–Kier alpha value is -2.94. The van der Waals surface area contributed by atoms with Gasteiger partial charge in [-0.1, -0.05) is 54.3 Å². The number of benzene rings is 2. The minimum Gasteiger partial charge on any atom is -0.494 e. The summed E-state index contributed by atoms with van der Waals surface area (Å²) in [5.41, 5.74) is 3.47. The number of carbonyl (C=O) groups excluding carboxylic acids is 1. The molecular weight excluding hydrogens is 466 g/mol. The molecule has 1 unspecified atom stereocenters. The van der Waals surface area contributed by atoms with Gasteiger partial charge in [-0.25, -0.2) is 4.68 Å². The van der Waals surface area contributed by atoms with Gasteiger partial charge in [0.2, 0.25) is 0 Å². The van der Waals surface area contributed by atoms with Crippen molar-refractivity contribution in [2.75, 3.05) is 19.8 Å². The molecule has 2 fully saturated rings. The molecule has 3 heterocycles. The van der Waals surface area contributed by atoms with Crippen LogP contribution >= 0.6 is 24.0 Å². The molecule has 5 rings (SSSR count). The lowest BCUT2D eigenvalue weighted by Crippen LogP contribution is -2.35. The van der Waals surface area contributed by atoms with Crippen molar-refractivity contribution < 1.29 is 14.3 Å². The van der Waals surface area contributed by atoms with Gasteiger partial charge in [0.15, 0.2) is 0 Å². The third-order valence-corrected chi connectivity index (χ3v) is 7.13. The van der Waals surface area contributed by atoms with E-state index in [4.69, 9.17) is 26.8 Å². The lowest BCUT2D eigenvalue weighted by molar-refractivity contribution is -0.123. The van der Waals surface area contributed by atoms with Crippen LogP contribution in [0.4, 0.5) is 0 Å². The lowest BCUT2D eigenvalue weighted by Gasteiger charge is -2.18. The number of rotatable bonds is 7. The molecule has 1 atom stereocenters. The molecule has 1 aromatic heterocycles. The van der Waals surface area contributed by atoms with E-state index in [0.717, 1.165) is 47.7 Å². The fourth-order valence-corrected chi connectivity index (χ4v) is 5.39. The highest BCUT2D eigenvalue weighted by Crippen LogP contribution is 2.36. The van der Waals surface area contributed by atoms with Crippen molar-refractivity contribution in [1.29, 1.82) is 0 Å². The molecule has 2 aromatic carbocycles. The number of hydrogen-bond acceptors (Lipinski definition) is 6. The van der Waals surface area contributed by atoms with Crippen LogP contribution in [0.25, 0.3) is 23.0 Å². The van der Waals surface area contributed by atoms with Gasteiger partial charge in [0.05, 0.1) is 29.8 Å². The summed E-state index contributed by atoms with van der Waals surface area (Å²) >= 11 is 6.87. The Bertz CT molecular complexity index is 1230. The highest BCUT2D eigenvalue weighted by atomic mass is 32.2. The molecule has 0 N–H and O–H groups in total. The maximum atomic E-state index is 13.2. The van der Waals surface area contributed by atoms with Crippen LogP contribution in [0.1, 0.15) is 25.3 Å². The monoisotopic (exact) mass is 491 g/mol. The van der Waals surface area contributed by atoms with E-state index < -0.39 is 0 Å². The quantitative estimate of drug-likeness (QED) is 0.329. The Kier molecular flexibility index (Phi) is 6.80. The maximum Gasteiger partial charge on any atom is 0.266 e. The molecule has 2 aliphatic rings. The van der Waals surface area contributed by atoms with Gasteiger partial charge in [0.25, 0.3) is 5.91 Å². The predicted molar refractivity (Wildman–Crippen MR) is 139 cm³/mol. The van der Waals surface area contributed by atoms with Gasteiger partial charge in [-0.15, -0.1) is 0 Å². The van der Waals surface area contributed by atoms with Crippen LogP contribution in [0.2, 0.25) is 0 Å². The van der Waals surface area contributed by atoms with Gasteiger partial charge < -0.3 is 9.47 Å². The average molecular weight is 492 g/mol. The summed E-state index contributed by atoms with van der Waals surface area (Å²) in [5.74, 6) is 0.704. The Morgan fingerprint density at radius 1 is 1.24 bits per heavy atom. The first-order valence-corrected chi connectivity index (χ1v) is 12.6. The van der Waals surface area contributed by atoms with Crippen LogP contribution in [0.5, 0.6) is 5.75 Å². The first kappa shape index (κ1) is 22.8. The van der Waals surface area contributed by atoms with E-state index in [9.17, 15) is 4.79 Å². The highest BCUT2D eigenvalue weighted by molar-refractivity contribution is 8.26. The van der Waals surface area contributed by atoms with Gasteiger partial charge in [-0.2, -0.15) is 5.10 Å². The number of amides is 1. The number of nitrogens with zero attached hydrogens (tertiary/aromatic N) is 3. The summed E-state index contributed by atoms with van der Waals surface area (Å²) in [6.07, 6.45) is 5.88. The Morgan fingerprint density at radius 3 is 2.85 bits per heavy atom. The van der Waals surface area contributed by atoms with Gasteiger partial charge in [-0.3, -0.25) is 9.69 Å².